The highest BCUT2D eigenvalue weighted by molar-refractivity contribution is 7.13. The Balaban J connectivity index is 0.00000256. The van der Waals surface area contributed by atoms with Gasteiger partial charge in [-0.15, -0.1) is 23.7 Å². The van der Waals surface area contributed by atoms with Crippen molar-refractivity contribution in [2.45, 2.75) is 32.2 Å². The molecule has 4 heterocycles. The molecule has 0 radical (unpaired) electrons. The van der Waals surface area contributed by atoms with E-state index in [4.69, 9.17) is 0 Å². The number of aromatic nitrogens is 3. The van der Waals surface area contributed by atoms with Crippen molar-refractivity contribution in [1.82, 2.24) is 19.9 Å². The summed E-state index contributed by atoms with van der Waals surface area (Å²) >= 11 is 1.47. The van der Waals surface area contributed by atoms with Crippen LogP contribution >= 0.6 is 23.7 Å². The Hall–Kier alpha value is -2.55. The van der Waals surface area contributed by atoms with Crippen molar-refractivity contribution < 1.29 is 4.79 Å². The van der Waals surface area contributed by atoms with Gasteiger partial charge in [0.2, 0.25) is 0 Å². The minimum Gasteiger partial charge on any atom is -0.298 e. The first-order valence-electron chi connectivity index (χ1n) is 9.88. The summed E-state index contributed by atoms with van der Waals surface area (Å²) < 4.78 is 0. The first-order valence-corrected chi connectivity index (χ1v) is 10.8. The number of pyridine rings is 2. The number of thiazole rings is 1. The molecular weight excluding hydrogens is 420 g/mol. The molecule has 1 fully saturated rings. The zero-order chi connectivity index (χ0) is 19.9. The van der Waals surface area contributed by atoms with E-state index < -0.39 is 0 Å². The van der Waals surface area contributed by atoms with E-state index in [9.17, 15) is 4.79 Å². The fourth-order valence-electron chi connectivity index (χ4n) is 3.38. The topological polar surface area (TPSA) is 83.0 Å². The Morgan fingerprint density at radius 3 is 2.47 bits per heavy atom. The summed E-state index contributed by atoms with van der Waals surface area (Å²) in [5.74, 6) is 1.06. The highest BCUT2D eigenvalue weighted by Crippen LogP contribution is 2.25. The highest BCUT2D eigenvalue weighted by Gasteiger charge is 2.12. The van der Waals surface area contributed by atoms with Crippen LogP contribution in [0.1, 0.15) is 31.4 Å². The van der Waals surface area contributed by atoms with Crippen molar-refractivity contribution in [2.24, 2.45) is 0 Å². The van der Waals surface area contributed by atoms with E-state index in [1.54, 1.807) is 18.5 Å². The van der Waals surface area contributed by atoms with Crippen LogP contribution in [-0.4, -0.2) is 39.0 Å². The molecule has 3 aromatic heterocycles. The van der Waals surface area contributed by atoms with E-state index in [-0.39, 0.29) is 18.4 Å². The predicted molar refractivity (Wildman–Crippen MR) is 123 cm³/mol. The number of urea groups is 1. The number of hydrogen-bond donors (Lipinski definition) is 2. The normalized spacial score (nSPS) is 14.4. The highest BCUT2D eigenvalue weighted by atomic mass is 35.5. The fourth-order valence-corrected chi connectivity index (χ4v) is 4.14. The van der Waals surface area contributed by atoms with Crippen LogP contribution in [0.15, 0.2) is 48.1 Å². The number of anilines is 2. The van der Waals surface area contributed by atoms with Crippen LogP contribution < -0.4 is 10.6 Å². The second kappa shape index (κ2) is 11.0. The summed E-state index contributed by atoms with van der Waals surface area (Å²) in [6.45, 7) is 3.05. The third kappa shape index (κ3) is 6.22. The molecule has 1 aliphatic heterocycles. The molecular formula is C21H25ClN6OS. The molecule has 0 aromatic carbocycles. The Kier molecular flexibility index (Phi) is 8.12. The average Bonchev–Trinajstić information content (AvgIpc) is 3.04. The van der Waals surface area contributed by atoms with Gasteiger partial charge >= 0.3 is 6.03 Å². The van der Waals surface area contributed by atoms with E-state index in [1.165, 1.54) is 37.0 Å². The number of nitrogens with one attached hydrogen (secondary N) is 2. The van der Waals surface area contributed by atoms with Crippen molar-refractivity contribution in [2.75, 3.05) is 23.7 Å². The lowest BCUT2D eigenvalue weighted by Gasteiger charge is -2.19. The second-order valence-electron chi connectivity index (χ2n) is 7.06. The molecule has 7 nitrogen and oxygen atoms in total. The molecule has 158 valence electrons. The van der Waals surface area contributed by atoms with Crippen LogP contribution in [0.3, 0.4) is 0 Å². The van der Waals surface area contributed by atoms with Crippen LogP contribution in [-0.2, 0) is 6.54 Å². The van der Waals surface area contributed by atoms with Crippen LogP contribution in [0.25, 0.3) is 10.6 Å². The molecule has 30 heavy (non-hydrogen) atoms. The number of halogens is 1. The van der Waals surface area contributed by atoms with E-state index in [0.29, 0.717) is 11.6 Å². The average molecular weight is 445 g/mol. The quantitative estimate of drug-likeness (QED) is 0.575. The molecule has 1 aliphatic rings. The number of amides is 2. The summed E-state index contributed by atoms with van der Waals surface area (Å²) in [4.78, 5) is 27.9. The fraction of sp³-hybridized carbons (Fsp3) is 0.333. The molecule has 3 aromatic rings. The van der Waals surface area contributed by atoms with E-state index in [1.807, 2.05) is 29.6 Å². The largest absolute Gasteiger partial charge is 0.326 e. The lowest BCUT2D eigenvalue weighted by atomic mass is 10.2. The minimum atomic E-state index is -0.351. The van der Waals surface area contributed by atoms with E-state index in [2.05, 4.69) is 30.5 Å². The molecule has 4 rings (SSSR count). The standard InChI is InChI=1S/C21H24N6OS.ClH/c28-21(26-19-15-29-20(24-19)16-8-10-22-11-9-16)25-18-7-5-6-17(23-18)14-27-12-3-1-2-4-13-27;/h5-11,15H,1-4,12-14H2,(H2,23,25,26,28);1H. The lowest BCUT2D eigenvalue weighted by Crippen LogP contribution is -2.25. The summed E-state index contributed by atoms with van der Waals surface area (Å²) in [6, 6.07) is 9.17. The third-order valence-electron chi connectivity index (χ3n) is 4.81. The van der Waals surface area contributed by atoms with Gasteiger partial charge in [0, 0.05) is 29.9 Å². The Bertz CT molecular complexity index is 943. The number of likely N-dealkylation sites (tertiary alicyclic amines) is 1. The maximum absolute atomic E-state index is 12.4. The lowest BCUT2D eigenvalue weighted by molar-refractivity contribution is 0.262. The van der Waals surface area contributed by atoms with Gasteiger partial charge in [0.15, 0.2) is 0 Å². The molecule has 0 aliphatic carbocycles. The van der Waals surface area contributed by atoms with Gasteiger partial charge in [-0.25, -0.2) is 14.8 Å². The predicted octanol–water partition coefficient (Wildman–Crippen LogP) is 5.04. The van der Waals surface area contributed by atoms with Crippen molar-refractivity contribution >= 4 is 41.4 Å². The van der Waals surface area contributed by atoms with Gasteiger partial charge < -0.3 is 0 Å². The SMILES string of the molecule is Cl.O=C(Nc1cccc(CN2CCCCCC2)n1)Nc1csc(-c2ccncc2)n1. The van der Waals surface area contributed by atoms with Gasteiger partial charge in [0.1, 0.15) is 16.6 Å². The van der Waals surface area contributed by atoms with E-state index in [0.717, 1.165) is 35.9 Å². The minimum absolute atomic E-state index is 0. The number of carbonyl (C=O) groups excluding carboxylic acids is 1. The van der Waals surface area contributed by atoms with Crippen LogP contribution in [0.4, 0.5) is 16.4 Å². The third-order valence-corrected chi connectivity index (χ3v) is 5.70. The summed E-state index contributed by atoms with van der Waals surface area (Å²) in [7, 11) is 0. The zero-order valence-corrected chi connectivity index (χ0v) is 18.2. The van der Waals surface area contributed by atoms with Crippen LogP contribution in [0.2, 0.25) is 0 Å². The molecule has 1 saturated heterocycles. The monoisotopic (exact) mass is 444 g/mol. The number of rotatable bonds is 5. The number of hydrogen-bond acceptors (Lipinski definition) is 6. The van der Waals surface area contributed by atoms with Gasteiger partial charge in [-0.3, -0.25) is 20.5 Å². The van der Waals surface area contributed by atoms with Gasteiger partial charge in [-0.05, 0) is 50.2 Å². The Labute approximate surface area is 186 Å². The van der Waals surface area contributed by atoms with Crippen LogP contribution in [0.5, 0.6) is 0 Å². The molecule has 0 unspecified atom stereocenters. The molecule has 2 amide bonds. The van der Waals surface area contributed by atoms with Crippen molar-refractivity contribution in [3.8, 4) is 10.6 Å². The summed E-state index contributed by atoms with van der Waals surface area (Å²) in [6.07, 6.45) is 8.56. The van der Waals surface area contributed by atoms with Crippen molar-refractivity contribution in [3.63, 3.8) is 0 Å². The molecule has 0 bridgehead atoms. The molecule has 0 atom stereocenters. The number of nitrogens with zero attached hydrogens (tertiary/aromatic N) is 4. The smallest absolute Gasteiger partial charge is 0.298 e. The first-order chi connectivity index (χ1) is 14.3. The van der Waals surface area contributed by atoms with Crippen LogP contribution in [0, 0.1) is 0 Å². The second-order valence-corrected chi connectivity index (χ2v) is 7.92. The van der Waals surface area contributed by atoms with Crippen molar-refractivity contribution in [3.05, 3.63) is 53.8 Å². The summed E-state index contributed by atoms with van der Waals surface area (Å²) in [5.41, 5.74) is 1.94. The zero-order valence-electron chi connectivity index (χ0n) is 16.6. The van der Waals surface area contributed by atoms with Crippen molar-refractivity contribution in [1.29, 1.82) is 0 Å². The Morgan fingerprint density at radius 1 is 0.967 bits per heavy atom. The maximum Gasteiger partial charge on any atom is 0.326 e. The molecule has 2 N–H and O–H groups in total. The Morgan fingerprint density at radius 2 is 1.70 bits per heavy atom. The van der Waals surface area contributed by atoms with Gasteiger partial charge in [0.25, 0.3) is 0 Å². The summed E-state index contributed by atoms with van der Waals surface area (Å²) in [5, 5.41) is 8.23. The molecule has 9 heteroatoms. The maximum atomic E-state index is 12.4. The number of carbonyl (C=O) groups is 1. The molecule has 0 spiro atoms. The van der Waals surface area contributed by atoms with Gasteiger partial charge in [-0.2, -0.15) is 0 Å². The molecule has 0 saturated carbocycles. The first kappa shape index (κ1) is 22.1. The van der Waals surface area contributed by atoms with Gasteiger partial charge in [-0.1, -0.05) is 18.9 Å². The van der Waals surface area contributed by atoms with Gasteiger partial charge in [0.05, 0.1) is 5.69 Å². The van der Waals surface area contributed by atoms with E-state index >= 15 is 0 Å².